The number of anilines is 2. The van der Waals surface area contributed by atoms with Crippen LogP contribution in [0.4, 0.5) is 11.6 Å². The molecule has 1 aliphatic rings. The lowest BCUT2D eigenvalue weighted by Gasteiger charge is -2.23. The van der Waals surface area contributed by atoms with Gasteiger partial charge in [-0.15, -0.1) is 0 Å². The minimum atomic E-state index is 0.318. The van der Waals surface area contributed by atoms with E-state index in [2.05, 4.69) is 62.2 Å². The molecule has 6 rings (SSSR count). The van der Waals surface area contributed by atoms with Crippen molar-refractivity contribution < 1.29 is 4.74 Å². The van der Waals surface area contributed by atoms with Crippen LogP contribution in [0.25, 0.3) is 22.0 Å². The normalized spacial score (nSPS) is 15.3. The molecule has 9 heteroatoms. The molecule has 1 fully saturated rings. The lowest BCUT2D eigenvalue weighted by Crippen LogP contribution is -2.38. The van der Waals surface area contributed by atoms with Gasteiger partial charge in [0, 0.05) is 66.8 Å². The molecule has 0 amide bonds. The number of benzene rings is 2. The zero-order valence-electron chi connectivity index (χ0n) is 22.2. The number of pyridine rings is 1. The Bertz CT molecular complexity index is 1590. The number of piperidine rings is 1. The Morgan fingerprint density at radius 1 is 1.05 bits per heavy atom. The third kappa shape index (κ3) is 5.53. The average Bonchev–Trinajstić information content (AvgIpc) is 3.39. The summed E-state index contributed by atoms with van der Waals surface area (Å²) in [7, 11) is 1.92. The Kier molecular flexibility index (Phi) is 7.05. The molecule has 3 N–H and O–H groups in total. The summed E-state index contributed by atoms with van der Waals surface area (Å²) in [6.07, 6.45) is 9.65. The van der Waals surface area contributed by atoms with Gasteiger partial charge in [0.05, 0.1) is 17.5 Å². The first-order valence-electron chi connectivity index (χ1n) is 13.3. The highest BCUT2D eigenvalue weighted by Gasteiger charge is 2.17. The third-order valence-corrected chi connectivity index (χ3v) is 6.98. The van der Waals surface area contributed by atoms with Crippen molar-refractivity contribution in [1.82, 2.24) is 30.0 Å². The van der Waals surface area contributed by atoms with Crippen LogP contribution >= 0.6 is 0 Å². The molecule has 9 nitrogen and oxygen atoms in total. The fourth-order valence-electron chi connectivity index (χ4n) is 4.99. The van der Waals surface area contributed by atoms with Crippen molar-refractivity contribution in [3.63, 3.8) is 0 Å². The predicted octanol–water partition coefficient (Wildman–Crippen LogP) is 5.30. The van der Waals surface area contributed by atoms with E-state index >= 15 is 0 Å². The van der Waals surface area contributed by atoms with Crippen molar-refractivity contribution >= 4 is 22.4 Å². The zero-order chi connectivity index (χ0) is 26.6. The second-order valence-corrected chi connectivity index (χ2v) is 9.90. The van der Waals surface area contributed by atoms with Gasteiger partial charge in [-0.25, -0.2) is 15.0 Å². The molecule has 0 saturated carbocycles. The van der Waals surface area contributed by atoms with Crippen LogP contribution in [0.15, 0.2) is 73.3 Å². The minimum absolute atomic E-state index is 0.318. The summed E-state index contributed by atoms with van der Waals surface area (Å²) in [5.74, 6) is 1.89. The van der Waals surface area contributed by atoms with Gasteiger partial charge in [0.1, 0.15) is 5.75 Å². The molecular weight excluding hydrogens is 488 g/mol. The quantitative estimate of drug-likeness (QED) is 0.253. The maximum absolute atomic E-state index is 6.58. The van der Waals surface area contributed by atoms with Gasteiger partial charge in [0.25, 0.3) is 0 Å². The number of hydrogen-bond acceptors (Lipinski definition) is 8. The molecule has 4 heterocycles. The van der Waals surface area contributed by atoms with Gasteiger partial charge in [0.2, 0.25) is 11.8 Å². The van der Waals surface area contributed by atoms with Crippen molar-refractivity contribution in [2.45, 2.75) is 32.4 Å². The summed E-state index contributed by atoms with van der Waals surface area (Å²) in [6, 6.07) is 16.5. The van der Waals surface area contributed by atoms with E-state index in [4.69, 9.17) is 9.72 Å². The van der Waals surface area contributed by atoms with Crippen LogP contribution in [0, 0.1) is 6.92 Å². The van der Waals surface area contributed by atoms with Crippen molar-refractivity contribution in [3.05, 3.63) is 84.4 Å². The first-order valence-corrected chi connectivity index (χ1v) is 13.3. The van der Waals surface area contributed by atoms with Crippen molar-refractivity contribution in [2.75, 3.05) is 23.7 Å². The van der Waals surface area contributed by atoms with Gasteiger partial charge >= 0.3 is 0 Å². The first-order chi connectivity index (χ1) is 19.1. The molecule has 1 atom stereocenters. The predicted molar refractivity (Wildman–Crippen MR) is 154 cm³/mol. The lowest BCUT2D eigenvalue weighted by atomic mass is 10.0. The van der Waals surface area contributed by atoms with E-state index in [1.807, 2.05) is 48.4 Å². The highest BCUT2D eigenvalue weighted by atomic mass is 16.5. The molecule has 0 unspecified atom stereocenters. The van der Waals surface area contributed by atoms with Crippen LogP contribution in [0.2, 0.25) is 0 Å². The number of nitrogens with zero attached hydrogens (tertiary/aromatic N) is 5. The minimum Gasteiger partial charge on any atom is -0.437 e. The molecule has 1 aliphatic heterocycles. The van der Waals surface area contributed by atoms with Crippen LogP contribution in [0.1, 0.15) is 24.0 Å². The molecule has 0 radical (unpaired) electrons. The van der Waals surface area contributed by atoms with Gasteiger partial charge in [0.15, 0.2) is 0 Å². The SMILES string of the molecule is Cc1ccc2c(NCc3cnn(C)c3)cccc2c1Oc1ncccc1-c1ccnc(N[C@H]2CCCNC2)n1. The molecule has 1 saturated heterocycles. The van der Waals surface area contributed by atoms with Crippen LogP contribution in [-0.4, -0.2) is 43.9 Å². The topological polar surface area (TPSA) is 102 Å². The largest absolute Gasteiger partial charge is 0.437 e. The van der Waals surface area contributed by atoms with Gasteiger partial charge < -0.3 is 20.7 Å². The van der Waals surface area contributed by atoms with Crippen molar-refractivity contribution in [1.29, 1.82) is 0 Å². The Morgan fingerprint density at radius 3 is 2.85 bits per heavy atom. The van der Waals surface area contributed by atoms with E-state index in [9.17, 15) is 0 Å². The molecule has 2 aromatic carbocycles. The van der Waals surface area contributed by atoms with E-state index in [-0.39, 0.29) is 0 Å². The fraction of sp³-hybridized carbons (Fsp3) is 0.267. The average molecular weight is 521 g/mol. The van der Waals surface area contributed by atoms with Crippen LogP contribution in [-0.2, 0) is 13.6 Å². The number of fused-ring (bicyclic) bond motifs is 1. The van der Waals surface area contributed by atoms with E-state index in [0.29, 0.717) is 24.4 Å². The Balaban J connectivity index is 1.30. The Labute approximate surface area is 227 Å². The number of aromatic nitrogens is 5. The smallest absolute Gasteiger partial charge is 0.228 e. The number of hydrogen-bond donors (Lipinski definition) is 3. The van der Waals surface area contributed by atoms with Gasteiger partial charge in [-0.2, -0.15) is 5.10 Å². The highest BCUT2D eigenvalue weighted by molar-refractivity contribution is 5.98. The Hall–Kier alpha value is -4.50. The van der Waals surface area contributed by atoms with E-state index < -0.39 is 0 Å². The molecule has 5 aromatic rings. The Morgan fingerprint density at radius 2 is 2.00 bits per heavy atom. The van der Waals surface area contributed by atoms with Gasteiger partial charge in [-0.05, 0) is 56.1 Å². The number of rotatable bonds is 8. The fourth-order valence-corrected chi connectivity index (χ4v) is 4.99. The second-order valence-electron chi connectivity index (χ2n) is 9.90. The molecule has 3 aromatic heterocycles. The summed E-state index contributed by atoms with van der Waals surface area (Å²) in [5, 5.41) is 16.8. The van der Waals surface area contributed by atoms with Crippen LogP contribution < -0.4 is 20.7 Å². The van der Waals surface area contributed by atoms with Crippen molar-refractivity contribution in [3.8, 4) is 22.9 Å². The molecule has 198 valence electrons. The monoisotopic (exact) mass is 520 g/mol. The van der Waals surface area contributed by atoms with Crippen LogP contribution in [0.5, 0.6) is 11.6 Å². The second kappa shape index (κ2) is 11.1. The van der Waals surface area contributed by atoms with Crippen LogP contribution in [0.3, 0.4) is 0 Å². The summed E-state index contributed by atoms with van der Waals surface area (Å²) in [6.45, 7) is 4.71. The van der Waals surface area contributed by atoms with Crippen molar-refractivity contribution in [2.24, 2.45) is 7.05 Å². The van der Waals surface area contributed by atoms with E-state index in [1.165, 1.54) is 0 Å². The maximum Gasteiger partial charge on any atom is 0.228 e. The molecule has 0 bridgehead atoms. The number of ether oxygens (including phenoxy) is 1. The standard InChI is InChI=1S/C30H32N8O/c1-20-10-11-23-24(7-3-9-26(23)34-16-21-17-35-38(2)19-21)28(20)39-29-25(8-5-14-32-29)27-12-15-33-30(37-27)36-22-6-4-13-31-18-22/h3,5,7-12,14-15,17,19,22,31,34H,4,6,13,16,18H2,1-2H3,(H,33,36,37)/t22-/m0/s1. The summed E-state index contributed by atoms with van der Waals surface area (Å²) >= 11 is 0. The highest BCUT2D eigenvalue weighted by Crippen LogP contribution is 2.38. The molecular formula is C30H32N8O. The molecule has 39 heavy (non-hydrogen) atoms. The summed E-state index contributed by atoms with van der Waals surface area (Å²) < 4.78 is 8.39. The van der Waals surface area contributed by atoms with E-state index in [0.717, 1.165) is 70.5 Å². The maximum atomic E-state index is 6.58. The zero-order valence-corrected chi connectivity index (χ0v) is 22.2. The summed E-state index contributed by atoms with van der Waals surface area (Å²) in [5.41, 5.74) is 4.75. The van der Waals surface area contributed by atoms with Gasteiger partial charge in [-0.1, -0.05) is 24.3 Å². The lowest BCUT2D eigenvalue weighted by molar-refractivity contribution is 0.466. The molecule has 0 aliphatic carbocycles. The van der Waals surface area contributed by atoms with E-state index in [1.54, 1.807) is 12.4 Å². The number of aryl methyl sites for hydroxylation is 2. The third-order valence-electron chi connectivity index (χ3n) is 6.98. The summed E-state index contributed by atoms with van der Waals surface area (Å²) in [4.78, 5) is 13.9. The number of nitrogens with one attached hydrogen (secondary N) is 3. The van der Waals surface area contributed by atoms with Gasteiger partial charge in [-0.3, -0.25) is 4.68 Å². The molecule has 0 spiro atoms. The first kappa shape index (κ1) is 24.8.